The van der Waals surface area contributed by atoms with Crippen molar-refractivity contribution in [3.63, 3.8) is 0 Å². The van der Waals surface area contributed by atoms with Crippen molar-refractivity contribution >= 4 is 78.1 Å². The van der Waals surface area contributed by atoms with E-state index in [1.807, 2.05) is 74.5 Å². The van der Waals surface area contributed by atoms with Gasteiger partial charge >= 0.3 is 0 Å². The Balaban J connectivity index is 1.43. The summed E-state index contributed by atoms with van der Waals surface area (Å²) in [5.74, 6) is 0.0259. The lowest BCUT2D eigenvalue weighted by Crippen LogP contribution is -2.20. The van der Waals surface area contributed by atoms with Gasteiger partial charge in [-0.25, -0.2) is 4.99 Å². The summed E-state index contributed by atoms with van der Waals surface area (Å²) in [7, 11) is 0. The molecule has 1 saturated heterocycles. The largest absolute Gasteiger partial charge is 0.481 e. The van der Waals surface area contributed by atoms with Gasteiger partial charge < -0.3 is 15.4 Å². The average molecular weight is 615 g/mol. The van der Waals surface area contributed by atoms with Crippen molar-refractivity contribution in [3.05, 3.63) is 91.2 Å². The normalized spacial score (nSPS) is 15.4. The molecule has 1 heterocycles. The van der Waals surface area contributed by atoms with Gasteiger partial charge in [-0.05, 0) is 111 Å². The van der Waals surface area contributed by atoms with E-state index < -0.39 is 0 Å². The van der Waals surface area contributed by atoms with Gasteiger partial charge in [-0.1, -0.05) is 29.8 Å². The Morgan fingerprint density at radius 1 is 1.06 bits per heavy atom. The van der Waals surface area contributed by atoms with Gasteiger partial charge in [-0.2, -0.15) is 0 Å². The first-order chi connectivity index (χ1) is 16.8. The number of amides is 2. The minimum Gasteiger partial charge on any atom is -0.481 e. The fourth-order valence-electron chi connectivity index (χ4n) is 3.23. The molecule has 0 spiro atoms. The van der Waals surface area contributed by atoms with Gasteiger partial charge in [0.2, 0.25) is 0 Å². The number of anilines is 1. The number of thioether (sulfide) groups is 1. The van der Waals surface area contributed by atoms with E-state index in [-0.39, 0.29) is 18.4 Å². The van der Waals surface area contributed by atoms with Crippen LogP contribution in [0.25, 0.3) is 6.08 Å². The van der Waals surface area contributed by atoms with Crippen molar-refractivity contribution in [1.29, 1.82) is 0 Å². The van der Waals surface area contributed by atoms with Crippen LogP contribution >= 0.6 is 43.6 Å². The summed E-state index contributed by atoms with van der Waals surface area (Å²) in [5, 5.41) is 6.15. The van der Waals surface area contributed by atoms with Crippen LogP contribution < -0.4 is 15.4 Å². The highest BCUT2D eigenvalue weighted by Gasteiger charge is 2.24. The molecule has 0 atom stereocenters. The molecule has 1 aliphatic heterocycles. The molecule has 1 aliphatic rings. The van der Waals surface area contributed by atoms with E-state index in [4.69, 9.17) is 4.74 Å². The Morgan fingerprint density at radius 3 is 2.46 bits per heavy atom. The molecule has 3 aromatic carbocycles. The zero-order valence-corrected chi connectivity index (χ0v) is 22.9. The predicted molar refractivity (Wildman–Crippen MR) is 149 cm³/mol. The molecule has 3 aromatic rings. The van der Waals surface area contributed by atoms with E-state index in [0.717, 1.165) is 28.1 Å². The Labute approximate surface area is 224 Å². The second-order valence-corrected chi connectivity index (χ2v) is 10.6. The maximum Gasteiger partial charge on any atom is 0.264 e. The molecule has 0 saturated carbocycles. The molecule has 178 valence electrons. The summed E-state index contributed by atoms with van der Waals surface area (Å²) in [5.41, 5.74) is 4.48. The number of nitrogens with zero attached hydrogens (tertiary/aromatic N) is 1. The summed E-state index contributed by atoms with van der Waals surface area (Å²) in [6.45, 7) is 3.82. The van der Waals surface area contributed by atoms with Crippen molar-refractivity contribution in [2.75, 3.05) is 11.9 Å². The van der Waals surface area contributed by atoms with E-state index in [1.54, 1.807) is 6.08 Å². The van der Waals surface area contributed by atoms with Crippen LogP contribution in [0.2, 0.25) is 0 Å². The molecule has 35 heavy (non-hydrogen) atoms. The first-order valence-corrected chi connectivity index (χ1v) is 13.0. The number of ether oxygens (including phenoxy) is 1. The second kappa shape index (κ2) is 11.2. The highest BCUT2D eigenvalue weighted by Crippen LogP contribution is 2.37. The minimum atomic E-state index is -0.264. The molecule has 0 unspecified atom stereocenters. The smallest absolute Gasteiger partial charge is 0.264 e. The van der Waals surface area contributed by atoms with E-state index in [1.165, 1.54) is 11.8 Å². The maximum atomic E-state index is 12.4. The molecule has 6 nitrogen and oxygen atoms in total. The zero-order valence-electron chi connectivity index (χ0n) is 18.9. The van der Waals surface area contributed by atoms with E-state index >= 15 is 0 Å². The van der Waals surface area contributed by atoms with Gasteiger partial charge in [0, 0.05) is 5.69 Å². The van der Waals surface area contributed by atoms with Crippen molar-refractivity contribution < 1.29 is 14.3 Å². The summed E-state index contributed by atoms with van der Waals surface area (Å²) in [4.78, 5) is 29.8. The fraction of sp³-hybridized carbons (Fsp3) is 0.115. The topological polar surface area (TPSA) is 79.8 Å². The van der Waals surface area contributed by atoms with Crippen LogP contribution in [0, 0.1) is 13.8 Å². The van der Waals surface area contributed by atoms with Crippen LogP contribution in [-0.2, 0) is 9.59 Å². The molecule has 2 N–H and O–H groups in total. The van der Waals surface area contributed by atoms with Crippen molar-refractivity contribution in [2.45, 2.75) is 13.8 Å². The Bertz CT molecular complexity index is 1330. The van der Waals surface area contributed by atoms with Crippen LogP contribution in [0.15, 0.2) is 79.5 Å². The number of carbonyl (C=O) groups excluding carboxylic acids is 2. The summed E-state index contributed by atoms with van der Waals surface area (Å²) in [6, 6.07) is 19.0. The number of hydrogen-bond acceptors (Lipinski definition) is 5. The van der Waals surface area contributed by atoms with Gasteiger partial charge in [-0.3, -0.25) is 9.59 Å². The summed E-state index contributed by atoms with van der Waals surface area (Å²) in [6.07, 6.45) is 1.78. The van der Waals surface area contributed by atoms with Gasteiger partial charge in [0.25, 0.3) is 11.8 Å². The fourth-order valence-corrected chi connectivity index (χ4v) is 5.52. The number of aryl methyl sites for hydroxylation is 2. The molecule has 0 radical (unpaired) electrons. The monoisotopic (exact) mass is 613 g/mol. The minimum absolute atomic E-state index is 0.150. The van der Waals surface area contributed by atoms with E-state index in [0.29, 0.717) is 24.8 Å². The molecular formula is C26H21Br2N3O3S. The highest BCUT2D eigenvalue weighted by atomic mass is 79.9. The first-order valence-electron chi connectivity index (χ1n) is 10.6. The molecule has 2 amide bonds. The molecule has 0 aromatic heterocycles. The lowest BCUT2D eigenvalue weighted by molar-refractivity contribution is -0.118. The second-order valence-electron chi connectivity index (χ2n) is 7.84. The zero-order chi connectivity index (χ0) is 24.9. The van der Waals surface area contributed by atoms with Crippen LogP contribution in [0.1, 0.15) is 16.7 Å². The standard InChI is InChI=1S/C26H21Br2N3O3S/c1-15-6-8-18(9-7-15)30-26-31-25(33)22(35-26)13-17-11-20(27)24(21(28)12-17)34-14-23(32)29-19-5-3-4-16(2)10-19/h3-13H,14H2,1-2H3,(H,29,32)(H,30,31,33)/b22-13-. The molecule has 0 aliphatic carbocycles. The molecule has 9 heteroatoms. The van der Waals surface area contributed by atoms with E-state index in [2.05, 4.69) is 47.5 Å². The Kier molecular flexibility index (Phi) is 8.10. The number of amidine groups is 1. The lowest BCUT2D eigenvalue weighted by atomic mass is 10.2. The number of carbonyl (C=O) groups is 2. The van der Waals surface area contributed by atoms with Crippen molar-refractivity contribution in [2.24, 2.45) is 4.99 Å². The van der Waals surface area contributed by atoms with Crippen LogP contribution in [0.3, 0.4) is 0 Å². The van der Waals surface area contributed by atoms with Gasteiger partial charge in [0.15, 0.2) is 11.8 Å². The quantitative estimate of drug-likeness (QED) is 0.302. The van der Waals surface area contributed by atoms with Crippen LogP contribution in [0.5, 0.6) is 5.75 Å². The molecule has 4 rings (SSSR count). The van der Waals surface area contributed by atoms with Gasteiger partial charge in [0.1, 0.15) is 5.75 Å². The third-order valence-electron chi connectivity index (χ3n) is 4.88. The van der Waals surface area contributed by atoms with Crippen LogP contribution in [-0.4, -0.2) is 23.6 Å². The van der Waals surface area contributed by atoms with Crippen molar-refractivity contribution in [3.8, 4) is 5.75 Å². The first kappa shape index (κ1) is 25.2. The Morgan fingerprint density at radius 2 is 1.77 bits per heavy atom. The van der Waals surface area contributed by atoms with Gasteiger partial charge in [-0.15, -0.1) is 0 Å². The summed E-state index contributed by atoms with van der Waals surface area (Å²) >= 11 is 8.29. The maximum absolute atomic E-state index is 12.4. The van der Waals surface area contributed by atoms with Crippen molar-refractivity contribution in [1.82, 2.24) is 5.32 Å². The average Bonchev–Trinajstić information content (AvgIpc) is 3.13. The lowest BCUT2D eigenvalue weighted by Gasteiger charge is -2.12. The number of benzene rings is 3. The molecule has 1 fully saturated rings. The third-order valence-corrected chi connectivity index (χ3v) is 6.97. The number of halogens is 2. The summed E-state index contributed by atoms with van der Waals surface area (Å²) < 4.78 is 7.04. The Hall–Kier alpha value is -2.88. The van der Waals surface area contributed by atoms with E-state index in [9.17, 15) is 9.59 Å². The highest BCUT2D eigenvalue weighted by molar-refractivity contribution is 9.11. The third kappa shape index (κ3) is 6.84. The number of nitrogens with one attached hydrogen (secondary N) is 2. The van der Waals surface area contributed by atoms with Crippen LogP contribution in [0.4, 0.5) is 11.4 Å². The number of rotatable bonds is 6. The number of hydrogen-bond donors (Lipinski definition) is 2. The molecule has 0 bridgehead atoms. The number of aliphatic imine (C=N–C) groups is 1. The van der Waals surface area contributed by atoms with Gasteiger partial charge in [0.05, 0.1) is 19.5 Å². The predicted octanol–water partition coefficient (Wildman–Crippen LogP) is 6.74. The molecular weight excluding hydrogens is 594 g/mol. The SMILES string of the molecule is Cc1ccc(N=C2NC(=O)/C(=C/c3cc(Br)c(OCC(=O)Nc4cccc(C)c4)c(Br)c3)S2)cc1.